The lowest BCUT2D eigenvalue weighted by Gasteiger charge is -2.36. The highest BCUT2D eigenvalue weighted by Crippen LogP contribution is 2.22. The molecule has 2 saturated heterocycles. The molecule has 2 aliphatic rings. The molecule has 0 aromatic heterocycles. The van der Waals surface area contributed by atoms with E-state index < -0.39 is 0 Å². The molecule has 0 saturated carbocycles. The van der Waals surface area contributed by atoms with Gasteiger partial charge in [-0.2, -0.15) is 0 Å². The molecular formula is C29H41N3O2. The number of carbonyl (C=O) groups excluding carboxylic acids is 1. The molecule has 2 aromatic carbocycles. The third kappa shape index (κ3) is 6.53. The number of anilines is 1. The summed E-state index contributed by atoms with van der Waals surface area (Å²) in [5, 5.41) is 0. The van der Waals surface area contributed by atoms with E-state index in [1.807, 2.05) is 11.8 Å². The Kier molecular flexibility index (Phi) is 8.86. The molecule has 2 aliphatic heterocycles. The molecule has 34 heavy (non-hydrogen) atoms. The number of nitrogens with zero attached hydrogens (tertiary/aromatic N) is 3. The van der Waals surface area contributed by atoms with Gasteiger partial charge in [0.05, 0.1) is 6.61 Å². The smallest absolute Gasteiger partial charge is 0.254 e. The van der Waals surface area contributed by atoms with E-state index >= 15 is 0 Å². The van der Waals surface area contributed by atoms with Crippen LogP contribution in [0.3, 0.4) is 0 Å². The third-order valence-electron chi connectivity index (χ3n) is 7.18. The first-order valence-corrected chi connectivity index (χ1v) is 13.2. The molecule has 4 rings (SSSR count). The molecule has 0 atom stereocenters. The van der Waals surface area contributed by atoms with Crippen LogP contribution in [0.5, 0.6) is 5.75 Å². The van der Waals surface area contributed by atoms with Crippen LogP contribution in [-0.4, -0.2) is 68.1 Å². The van der Waals surface area contributed by atoms with Crippen molar-refractivity contribution in [2.24, 2.45) is 0 Å². The molecule has 5 nitrogen and oxygen atoms in total. The van der Waals surface area contributed by atoms with E-state index in [2.05, 4.69) is 59.2 Å². The highest BCUT2D eigenvalue weighted by atomic mass is 16.5. The maximum absolute atomic E-state index is 13.2. The minimum atomic E-state index is 0.170. The van der Waals surface area contributed by atoms with Gasteiger partial charge >= 0.3 is 0 Å². The number of likely N-dealkylation sites (tertiary alicyclic amines) is 1. The SMILES string of the molecule is CCCc1ccc(C)c(C(=O)N2CCN(c3ccc(OCCCN4CCCCC4)cc3)CC2)c1. The first-order chi connectivity index (χ1) is 16.6. The van der Waals surface area contributed by atoms with Crippen molar-refractivity contribution in [3.05, 3.63) is 59.2 Å². The molecule has 0 aliphatic carbocycles. The summed E-state index contributed by atoms with van der Waals surface area (Å²) < 4.78 is 5.98. The molecule has 0 radical (unpaired) electrons. The van der Waals surface area contributed by atoms with Gasteiger partial charge < -0.3 is 19.4 Å². The summed E-state index contributed by atoms with van der Waals surface area (Å²) in [6.45, 7) is 11.9. The van der Waals surface area contributed by atoms with Crippen molar-refractivity contribution in [3.8, 4) is 5.75 Å². The van der Waals surface area contributed by atoms with Gasteiger partial charge in [-0.3, -0.25) is 4.79 Å². The molecule has 0 unspecified atom stereocenters. The van der Waals surface area contributed by atoms with Crippen LogP contribution in [0.2, 0.25) is 0 Å². The van der Waals surface area contributed by atoms with Crippen LogP contribution in [0.1, 0.15) is 60.5 Å². The van der Waals surface area contributed by atoms with Crippen LogP contribution in [-0.2, 0) is 6.42 Å². The zero-order chi connectivity index (χ0) is 23.8. The predicted octanol–water partition coefficient (Wildman–Crippen LogP) is 5.16. The van der Waals surface area contributed by atoms with Crippen LogP contribution in [0.25, 0.3) is 0 Å². The molecule has 2 fully saturated rings. The van der Waals surface area contributed by atoms with Crippen LogP contribution in [0, 0.1) is 6.92 Å². The van der Waals surface area contributed by atoms with Gasteiger partial charge in [0.2, 0.25) is 0 Å². The fourth-order valence-corrected chi connectivity index (χ4v) is 5.10. The van der Waals surface area contributed by atoms with Gasteiger partial charge in [0.15, 0.2) is 0 Å². The van der Waals surface area contributed by atoms with Gasteiger partial charge in [-0.25, -0.2) is 0 Å². The molecule has 184 valence electrons. The predicted molar refractivity (Wildman–Crippen MR) is 140 cm³/mol. The maximum atomic E-state index is 13.2. The Labute approximate surface area is 205 Å². The van der Waals surface area contributed by atoms with E-state index in [9.17, 15) is 4.79 Å². The number of carbonyl (C=O) groups is 1. The maximum Gasteiger partial charge on any atom is 0.254 e. The Morgan fingerprint density at radius 1 is 0.912 bits per heavy atom. The van der Waals surface area contributed by atoms with Crippen LogP contribution in [0.15, 0.2) is 42.5 Å². The molecule has 5 heteroatoms. The fourth-order valence-electron chi connectivity index (χ4n) is 5.10. The fraction of sp³-hybridized carbons (Fsp3) is 0.552. The Bertz CT molecular complexity index is 913. The number of hydrogen-bond acceptors (Lipinski definition) is 4. The van der Waals surface area contributed by atoms with Crippen molar-refractivity contribution in [2.45, 2.75) is 52.4 Å². The number of piperidine rings is 1. The first kappa shape index (κ1) is 24.6. The lowest BCUT2D eigenvalue weighted by atomic mass is 10.0. The summed E-state index contributed by atoms with van der Waals surface area (Å²) in [5.74, 6) is 1.11. The van der Waals surface area contributed by atoms with Crippen molar-refractivity contribution in [2.75, 3.05) is 57.3 Å². The highest BCUT2D eigenvalue weighted by molar-refractivity contribution is 5.96. The summed E-state index contributed by atoms with van der Waals surface area (Å²) in [4.78, 5) is 20.1. The summed E-state index contributed by atoms with van der Waals surface area (Å²) in [7, 11) is 0. The van der Waals surface area contributed by atoms with E-state index in [1.165, 1.54) is 43.6 Å². The van der Waals surface area contributed by atoms with Crippen molar-refractivity contribution in [3.63, 3.8) is 0 Å². The molecule has 1 amide bonds. The number of amides is 1. The Morgan fingerprint density at radius 3 is 2.35 bits per heavy atom. The number of aryl methyl sites for hydroxylation is 2. The van der Waals surface area contributed by atoms with E-state index in [0.717, 1.165) is 75.5 Å². The van der Waals surface area contributed by atoms with Crippen LogP contribution < -0.4 is 9.64 Å². The summed E-state index contributed by atoms with van der Waals surface area (Å²) in [5.41, 5.74) is 4.39. The molecular weight excluding hydrogens is 422 g/mol. The third-order valence-corrected chi connectivity index (χ3v) is 7.18. The lowest BCUT2D eigenvalue weighted by Crippen LogP contribution is -2.49. The first-order valence-electron chi connectivity index (χ1n) is 13.2. The summed E-state index contributed by atoms with van der Waals surface area (Å²) in [6, 6.07) is 14.8. The second kappa shape index (κ2) is 12.3. The van der Waals surface area contributed by atoms with Crippen molar-refractivity contribution >= 4 is 11.6 Å². The normalized spacial score (nSPS) is 17.1. The largest absolute Gasteiger partial charge is 0.494 e. The number of piperazine rings is 1. The van der Waals surface area contributed by atoms with Gasteiger partial charge in [0, 0.05) is 44.0 Å². The number of hydrogen-bond donors (Lipinski definition) is 0. The Morgan fingerprint density at radius 2 is 1.65 bits per heavy atom. The Balaban J connectivity index is 1.23. The number of ether oxygens (including phenoxy) is 1. The minimum absolute atomic E-state index is 0.170. The van der Waals surface area contributed by atoms with Gasteiger partial charge in [-0.1, -0.05) is 31.9 Å². The van der Waals surface area contributed by atoms with Gasteiger partial charge in [-0.15, -0.1) is 0 Å². The average Bonchev–Trinajstić information content (AvgIpc) is 2.89. The minimum Gasteiger partial charge on any atom is -0.494 e. The van der Waals surface area contributed by atoms with Gasteiger partial charge in [-0.05, 0) is 87.2 Å². The Hall–Kier alpha value is -2.53. The second-order valence-electron chi connectivity index (χ2n) is 9.78. The van der Waals surface area contributed by atoms with Crippen LogP contribution >= 0.6 is 0 Å². The van der Waals surface area contributed by atoms with E-state index in [4.69, 9.17) is 4.74 Å². The zero-order valence-corrected chi connectivity index (χ0v) is 21.1. The van der Waals surface area contributed by atoms with E-state index in [0.29, 0.717) is 0 Å². The number of rotatable bonds is 9. The number of benzene rings is 2. The molecule has 2 aromatic rings. The summed E-state index contributed by atoms with van der Waals surface area (Å²) >= 11 is 0. The molecule has 0 spiro atoms. The van der Waals surface area contributed by atoms with Gasteiger partial charge in [0.25, 0.3) is 5.91 Å². The van der Waals surface area contributed by atoms with Crippen molar-refractivity contribution in [1.29, 1.82) is 0 Å². The van der Waals surface area contributed by atoms with E-state index in [1.54, 1.807) is 0 Å². The topological polar surface area (TPSA) is 36.0 Å². The highest BCUT2D eigenvalue weighted by Gasteiger charge is 2.23. The monoisotopic (exact) mass is 463 g/mol. The standard InChI is InChI=1S/C29H41N3O2/c1-3-8-25-10-9-24(2)28(23-25)29(33)32-20-18-31(19-21-32)26-11-13-27(14-12-26)34-22-7-17-30-15-5-4-6-16-30/h9-14,23H,3-8,15-22H2,1-2H3. The zero-order valence-electron chi connectivity index (χ0n) is 21.1. The lowest BCUT2D eigenvalue weighted by molar-refractivity contribution is 0.0746. The van der Waals surface area contributed by atoms with Gasteiger partial charge in [0.1, 0.15) is 5.75 Å². The quantitative estimate of drug-likeness (QED) is 0.481. The average molecular weight is 464 g/mol. The second-order valence-corrected chi connectivity index (χ2v) is 9.78. The molecule has 0 N–H and O–H groups in total. The molecule has 0 bridgehead atoms. The molecule has 2 heterocycles. The van der Waals surface area contributed by atoms with Crippen molar-refractivity contribution < 1.29 is 9.53 Å². The van der Waals surface area contributed by atoms with E-state index in [-0.39, 0.29) is 5.91 Å². The van der Waals surface area contributed by atoms with Crippen molar-refractivity contribution in [1.82, 2.24) is 9.80 Å². The van der Waals surface area contributed by atoms with Crippen LogP contribution in [0.4, 0.5) is 5.69 Å². The summed E-state index contributed by atoms with van der Waals surface area (Å²) in [6.07, 6.45) is 7.27.